The maximum Gasteiger partial charge on any atom is 0.472 e. The van der Waals surface area contributed by atoms with E-state index in [1.54, 1.807) is 0 Å². The average Bonchev–Trinajstić information content (AvgIpc) is 2.93. The molecule has 1 atom stereocenters. The van der Waals surface area contributed by atoms with Gasteiger partial charge in [-0.15, -0.1) is 0 Å². The zero-order valence-electron chi connectivity index (χ0n) is 24.6. The fraction of sp³-hybridized carbons (Fsp3) is 1.00. The Bertz CT molecular complexity index is 663. The molecule has 0 aromatic carbocycles. The molecular weight excluding hydrogens is 638 g/mol. The molecule has 0 radical (unpaired) electrons. The first-order valence-corrected chi connectivity index (χ1v) is 19.8. The molecule has 42 heavy (non-hydrogen) atoms. The average molecular weight is 691 g/mol. The Hall–Kier alpha value is 0.680. The van der Waals surface area contributed by atoms with Gasteiger partial charge in [-0.1, -0.05) is 47.3 Å². The molecule has 0 spiro atoms. The topological polar surface area (TPSA) is 189 Å². The molecule has 0 aromatic heterocycles. The van der Waals surface area contributed by atoms with E-state index in [1.807, 2.05) is 21.6 Å². The van der Waals surface area contributed by atoms with Crippen molar-refractivity contribution < 1.29 is 66.2 Å². The number of phosphoric acid groups is 2. The summed E-state index contributed by atoms with van der Waals surface area (Å²) in [6, 6.07) is 0. The highest BCUT2D eigenvalue weighted by molar-refractivity contribution is 8.76. The quantitative estimate of drug-likeness (QED) is 0.0426. The van der Waals surface area contributed by atoms with E-state index in [9.17, 15) is 14.0 Å². The largest absolute Gasteiger partial charge is 0.472 e. The van der Waals surface area contributed by atoms with Gasteiger partial charge in [-0.05, 0) is 25.7 Å². The van der Waals surface area contributed by atoms with Gasteiger partial charge in [-0.3, -0.25) is 13.6 Å². The Kier molecular flexibility index (Phi) is 32.2. The summed E-state index contributed by atoms with van der Waals surface area (Å²) in [7, 11) is -4.72. The van der Waals surface area contributed by atoms with Crippen LogP contribution < -0.4 is 0 Å². The van der Waals surface area contributed by atoms with Crippen LogP contribution in [0, 0.1) is 0 Å². The van der Waals surface area contributed by atoms with Crippen molar-refractivity contribution in [1.82, 2.24) is 0 Å². The van der Waals surface area contributed by atoms with Crippen LogP contribution in [0.15, 0.2) is 0 Å². The number of ether oxygens (including phenoxy) is 5. The van der Waals surface area contributed by atoms with Crippen LogP contribution in [0.3, 0.4) is 0 Å². The molecule has 0 aliphatic carbocycles. The van der Waals surface area contributed by atoms with Crippen LogP contribution >= 0.6 is 37.2 Å². The first-order chi connectivity index (χ1) is 20.3. The van der Waals surface area contributed by atoms with Crippen LogP contribution in [0.2, 0.25) is 0 Å². The summed E-state index contributed by atoms with van der Waals surface area (Å²) in [5.41, 5.74) is 0. The molecule has 0 heterocycles. The van der Waals surface area contributed by atoms with Crippen molar-refractivity contribution in [3.63, 3.8) is 0 Å². The molecule has 254 valence electrons. The number of phosphoric ester groups is 2. The van der Waals surface area contributed by atoms with Crippen molar-refractivity contribution in [2.75, 3.05) is 104 Å². The van der Waals surface area contributed by atoms with Gasteiger partial charge in [-0.2, -0.15) is 0 Å². The lowest BCUT2D eigenvalue weighted by molar-refractivity contribution is -0.0153. The molecule has 0 amide bonds. The molecule has 0 aliphatic heterocycles. The predicted octanol–water partition coefficient (Wildman–Crippen LogP) is 3.81. The summed E-state index contributed by atoms with van der Waals surface area (Å²) in [6.07, 6.45) is 8.19. The summed E-state index contributed by atoms with van der Waals surface area (Å²) < 4.78 is 62.9. The Balaban J connectivity index is 3.28. The van der Waals surface area contributed by atoms with Crippen molar-refractivity contribution in [3.8, 4) is 0 Å². The SMILES string of the molecule is O=P(O)(O)OCCOCCOCCOCCOCCOCCOP(=O)(O)OCCCCCCSSCCCCCCO. The number of aliphatic hydroxyl groups excluding tert-OH is 1. The van der Waals surface area contributed by atoms with E-state index in [2.05, 4.69) is 4.52 Å². The molecule has 0 saturated carbocycles. The van der Waals surface area contributed by atoms with Gasteiger partial charge in [0.15, 0.2) is 0 Å². The van der Waals surface area contributed by atoms with Gasteiger partial charge in [0.2, 0.25) is 0 Å². The third-order valence-corrected chi connectivity index (χ3v) is 9.17. The van der Waals surface area contributed by atoms with Crippen molar-refractivity contribution in [3.05, 3.63) is 0 Å². The number of aliphatic hydroxyl groups is 1. The standard InChI is InChI=1S/C24H52O14P2S2/c25-9-5-1-3-7-23-41-42-24-8-4-2-6-10-37-40(29,30)38-22-20-35-18-16-33-14-12-31-11-13-32-15-17-34-19-21-36-39(26,27)28/h25H,1-24H2,(H,29,30)(H2,26,27,28). The second-order valence-electron chi connectivity index (χ2n) is 8.72. The highest BCUT2D eigenvalue weighted by Gasteiger charge is 2.20. The molecule has 1 unspecified atom stereocenters. The molecule has 0 rings (SSSR count). The van der Waals surface area contributed by atoms with Crippen LogP contribution in [0.1, 0.15) is 51.4 Å². The van der Waals surface area contributed by atoms with Crippen LogP contribution in [-0.2, 0) is 46.4 Å². The summed E-state index contributed by atoms with van der Waals surface area (Å²) in [5.74, 6) is 2.25. The lowest BCUT2D eigenvalue weighted by Crippen LogP contribution is -2.14. The molecule has 18 heteroatoms. The van der Waals surface area contributed by atoms with Gasteiger partial charge in [0, 0.05) is 18.1 Å². The first kappa shape index (κ1) is 42.7. The molecule has 0 bridgehead atoms. The highest BCUT2D eigenvalue weighted by atomic mass is 33.1. The summed E-state index contributed by atoms with van der Waals surface area (Å²) in [4.78, 5) is 26.7. The first-order valence-electron chi connectivity index (χ1n) is 14.3. The van der Waals surface area contributed by atoms with Crippen molar-refractivity contribution >= 4 is 37.2 Å². The number of unbranched alkanes of at least 4 members (excludes halogenated alkanes) is 6. The third-order valence-electron chi connectivity index (χ3n) is 5.05. The minimum Gasteiger partial charge on any atom is -0.396 e. The molecule has 14 nitrogen and oxygen atoms in total. The second-order valence-corrected chi connectivity index (χ2v) is 14.1. The minimum atomic E-state index is -4.45. The van der Waals surface area contributed by atoms with Gasteiger partial charge in [0.05, 0.1) is 85.9 Å². The van der Waals surface area contributed by atoms with Gasteiger partial charge < -0.3 is 43.5 Å². The summed E-state index contributed by atoms with van der Waals surface area (Å²) in [5, 5.41) is 8.74. The van der Waals surface area contributed by atoms with E-state index in [1.165, 1.54) is 12.8 Å². The molecule has 4 N–H and O–H groups in total. The van der Waals surface area contributed by atoms with Gasteiger partial charge in [0.1, 0.15) is 0 Å². The Morgan fingerprint density at radius 1 is 0.429 bits per heavy atom. The van der Waals surface area contributed by atoms with Crippen molar-refractivity contribution in [2.45, 2.75) is 51.4 Å². The molecule has 0 aliphatic rings. The van der Waals surface area contributed by atoms with Gasteiger partial charge in [0.25, 0.3) is 0 Å². The Morgan fingerprint density at radius 2 is 0.786 bits per heavy atom. The highest BCUT2D eigenvalue weighted by Crippen LogP contribution is 2.43. The minimum absolute atomic E-state index is 0.0561. The molecule has 0 fully saturated rings. The molecule has 0 aromatic rings. The zero-order valence-corrected chi connectivity index (χ0v) is 28.0. The number of rotatable bonds is 35. The zero-order chi connectivity index (χ0) is 31.0. The molecule has 0 saturated heterocycles. The monoisotopic (exact) mass is 690 g/mol. The van der Waals surface area contributed by atoms with E-state index in [4.69, 9.17) is 47.6 Å². The Morgan fingerprint density at radius 3 is 1.21 bits per heavy atom. The van der Waals surface area contributed by atoms with E-state index in [0.29, 0.717) is 52.7 Å². The maximum absolute atomic E-state index is 11.9. The normalized spacial score (nSPS) is 13.5. The van der Waals surface area contributed by atoms with Gasteiger partial charge in [-0.25, -0.2) is 9.13 Å². The van der Waals surface area contributed by atoms with E-state index >= 15 is 0 Å². The summed E-state index contributed by atoms with van der Waals surface area (Å²) >= 11 is 0. The maximum atomic E-state index is 11.9. The molecular formula is C24H52O14P2S2. The van der Waals surface area contributed by atoms with Crippen LogP contribution in [0.5, 0.6) is 0 Å². The number of hydrogen-bond acceptors (Lipinski definition) is 13. The third kappa shape index (κ3) is 36.9. The van der Waals surface area contributed by atoms with Crippen LogP contribution in [-0.4, -0.2) is 124 Å². The van der Waals surface area contributed by atoms with Crippen molar-refractivity contribution in [2.24, 2.45) is 0 Å². The number of hydrogen-bond donors (Lipinski definition) is 4. The lowest BCUT2D eigenvalue weighted by Gasteiger charge is -2.12. The van der Waals surface area contributed by atoms with Crippen LogP contribution in [0.4, 0.5) is 0 Å². The van der Waals surface area contributed by atoms with Crippen LogP contribution in [0.25, 0.3) is 0 Å². The van der Waals surface area contributed by atoms with E-state index in [-0.39, 0.29) is 46.2 Å². The second kappa shape index (κ2) is 31.7. The summed E-state index contributed by atoms with van der Waals surface area (Å²) in [6.45, 7) is 3.20. The lowest BCUT2D eigenvalue weighted by atomic mass is 10.2. The predicted molar refractivity (Wildman–Crippen MR) is 163 cm³/mol. The van der Waals surface area contributed by atoms with Gasteiger partial charge >= 0.3 is 15.6 Å². The fourth-order valence-electron chi connectivity index (χ4n) is 2.99. The van der Waals surface area contributed by atoms with E-state index < -0.39 is 15.6 Å². The van der Waals surface area contributed by atoms with E-state index in [0.717, 1.165) is 43.6 Å². The Labute approximate surface area is 258 Å². The smallest absolute Gasteiger partial charge is 0.396 e. The van der Waals surface area contributed by atoms with Crippen molar-refractivity contribution in [1.29, 1.82) is 0 Å². The fourth-order valence-corrected chi connectivity index (χ4v) is 6.33.